The Hall–Kier alpha value is -2.89. The normalized spacial score (nSPS) is 10.7. The Labute approximate surface area is 166 Å². The minimum absolute atomic E-state index is 0.283. The molecule has 2 N–H and O–H groups in total. The fourth-order valence-corrected chi connectivity index (χ4v) is 3.57. The molecule has 0 aliphatic carbocycles. The number of nitrogens with one attached hydrogen (secondary N) is 2. The van der Waals surface area contributed by atoms with Crippen LogP contribution in [-0.4, -0.2) is 18.9 Å². The van der Waals surface area contributed by atoms with Gasteiger partial charge < -0.3 is 10.6 Å². The molecule has 0 radical (unpaired) electrons. The third kappa shape index (κ3) is 4.84. The first kappa shape index (κ1) is 18.9. The zero-order valence-electron chi connectivity index (χ0n) is 14.5. The molecule has 0 saturated heterocycles. The van der Waals surface area contributed by atoms with Gasteiger partial charge in [-0.25, -0.2) is 0 Å². The van der Waals surface area contributed by atoms with E-state index in [-0.39, 0.29) is 11.8 Å². The Bertz CT molecular complexity index is 996. The van der Waals surface area contributed by atoms with Crippen molar-refractivity contribution < 1.29 is 9.59 Å². The maximum absolute atomic E-state index is 12.2. The van der Waals surface area contributed by atoms with E-state index >= 15 is 0 Å². The number of rotatable bonds is 5. The van der Waals surface area contributed by atoms with Gasteiger partial charge in [0.25, 0.3) is 5.91 Å². The van der Waals surface area contributed by atoms with Crippen LogP contribution in [0.1, 0.15) is 15.2 Å². The molecule has 0 atom stereocenters. The fraction of sp³-hybridized carbons (Fsp3) is 0.0476. The SMILES string of the molecule is CNC(=O)c1cc(NC(=O)/C=C/c2ccc(-c3ccccc3)s2)ccc1Cl. The summed E-state index contributed by atoms with van der Waals surface area (Å²) in [5, 5.41) is 5.58. The largest absolute Gasteiger partial charge is 0.355 e. The van der Waals surface area contributed by atoms with Gasteiger partial charge >= 0.3 is 0 Å². The second-order valence-corrected chi connectivity index (χ2v) is 7.19. The first-order valence-electron chi connectivity index (χ1n) is 8.23. The Morgan fingerprint density at radius 1 is 1.04 bits per heavy atom. The number of thiophene rings is 1. The highest BCUT2D eigenvalue weighted by Gasteiger charge is 2.10. The first-order valence-corrected chi connectivity index (χ1v) is 9.42. The minimum atomic E-state index is -0.307. The van der Waals surface area contributed by atoms with Gasteiger partial charge in [0.2, 0.25) is 5.91 Å². The molecule has 27 heavy (non-hydrogen) atoms. The van der Waals surface area contributed by atoms with Gasteiger partial charge in [-0.3, -0.25) is 9.59 Å². The second-order valence-electron chi connectivity index (χ2n) is 5.66. The van der Waals surface area contributed by atoms with Crippen LogP contribution in [0.15, 0.2) is 66.7 Å². The molecule has 0 fully saturated rings. The quantitative estimate of drug-likeness (QED) is 0.591. The van der Waals surface area contributed by atoms with Crippen LogP contribution in [0.4, 0.5) is 5.69 Å². The zero-order valence-corrected chi connectivity index (χ0v) is 16.1. The lowest BCUT2D eigenvalue weighted by Gasteiger charge is -2.07. The van der Waals surface area contributed by atoms with Crippen molar-refractivity contribution in [3.05, 3.63) is 82.2 Å². The standard InChI is InChI=1S/C21H17ClN2O2S/c1-23-21(26)17-13-15(7-10-18(17)22)24-20(25)12-9-16-8-11-19(27-16)14-5-3-2-4-6-14/h2-13H,1H3,(H,23,26)(H,24,25)/b12-9+. The summed E-state index contributed by atoms with van der Waals surface area (Å²) in [6, 6.07) is 18.9. The maximum atomic E-state index is 12.2. The van der Waals surface area contributed by atoms with E-state index in [0.717, 1.165) is 15.3 Å². The molecule has 0 unspecified atom stereocenters. The average Bonchev–Trinajstić information content (AvgIpc) is 3.17. The van der Waals surface area contributed by atoms with Gasteiger partial charge in [0, 0.05) is 28.6 Å². The molecule has 3 rings (SSSR count). The molecule has 1 aromatic heterocycles. The highest BCUT2D eigenvalue weighted by atomic mass is 35.5. The van der Waals surface area contributed by atoms with Gasteiger partial charge in [0.15, 0.2) is 0 Å². The van der Waals surface area contributed by atoms with Gasteiger partial charge in [-0.1, -0.05) is 41.9 Å². The Kier molecular flexibility index (Phi) is 6.06. The zero-order chi connectivity index (χ0) is 19.2. The van der Waals surface area contributed by atoms with Crippen molar-refractivity contribution in [2.24, 2.45) is 0 Å². The van der Waals surface area contributed by atoms with Gasteiger partial charge in [-0.2, -0.15) is 0 Å². The van der Waals surface area contributed by atoms with E-state index in [2.05, 4.69) is 22.8 Å². The van der Waals surface area contributed by atoms with Crippen LogP contribution in [0.2, 0.25) is 5.02 Å². The Morgan fingerprint density at radius 3 is 2.56 bits per heavy atom. The Morgan fingerprint density at radius 2 is 1.81 bits per heavy atom. The van der Waals surface area contributed by atoms with Gasteiger partial charge in [-0.05, 0) is 42.0 Å². The van der Waals surface area contributed by atoms with E-state index < -0.39 is 0 Å². The van der Waals surface area contributed by atoms with Crippen molar-refractivity contribution in [1.29, 1.82) is 0 Å². The lowest BCUT2D eigenvalue weighted by atomic mass is 10.2. The average molecular weight is 397 g/mol. The number of anilines is 1. The van der Waals surface area contributed by atoms with Gasteiger partial charge in [-0.15, -0.1) is 11.3 Å². The predicted octanol–water partition coefficient (Wildman–Crippen LogP) is 5.08. The summed E-state index contributed by atoms with van der Waals surface area (Å²) in [6.07, 6.45) is 3.23. The van der Waals surface area contributed by atoms with Crippen molar-refractivity contribution >= 4 is 46.5 Å². The van der Waals surface area contributed by atoms with Crippen molar-refractivity contribution in [2.45, 2.75) is 0 Å². The van der Waals surface area contributed by atoms with E-state index in [1.54, 1.807) is 35.6 Å². The van der Waals surface area contributed by atoms with Crippen LogP contribution >= 0.6 is 22.9 Å². The molecule has 136 valence electrons. The van der Waals surface area contributed by atoms with Crippen molar-refractivity contribution in [3.8, 4) is 10.4 Å². The lowest BCUT2D eigenvalue weighted by Crippen LogP contribution is -2.18. The molecular formula is C21H17ClN2O2S. The lowest BCUT2D eigenvalue weighted by molar-refractivity contribution is -0.111. The molecule has 0 spiro atoms. The summed E-state index contributed by atoms with van der Waals surface area (Å²) < 4.78 is 0. The third-order valence-electron chi connectivity index (χ3n) is 3.79. The molecule has 0 bridgehead atoms. The van der Waals surface area contributed by atoms with Crippen molar-refractivity contribution in [2.75, 3.05) is 12.4 Å². The third-order valence-corrected chi connectivity index (χ3v) is 5.22. The smallest absolute Gasteiger partial charge is 0.252 e. The Balaban J connectivity index is 1.68. The van der Waals surface area contributed by atoms with Gasteiger partial charge in [0.1, 0.15) is 0 Å². The molecule has 2 aromatic carbocycles. The van der Waals surface area contributed by atoms with E-state index in [9.17, 15) is 9.59 Å². The van der Waals surface area contributed by atoms with Crippen LogP contribution in [0.25, 0.3) is 16.5 Å². The summed E-state index contributed by atoms with van der Waals surface area (Å²) >= 11 is 7.62. The molecule has 0 aliphatic heterocycles. The molecule has 0 aliphatic rings. The number of benzene rings is 2. The molecule has 4 nitrogen and oxygen atoms in total. The molecule has 0 saturated carbocycles. The minimum Gasteiger partial charge on any atom is -0.355 e. The number of hydrogen-bond donors (Lipinski definition) is 2. The topological polar surface area (TPSA) is 58.2 Å². The van der Waals surface area contributed by atoms with Crippen molar-refractivity contribution in [1.82, 2.24) is 5.32 Å². The monoisotopic (exact) mass is 396 g/mol. The maximum Gasteiger partial charge on any atom is 0.252 e. The van der Waals surface area contributed by atoms with E-state index in [4.69, 9.17) is 11.6 Å². The summed E-state index contributed by atoms with van der Waals surface area (Å²) in [5.74, 6) is -0.589. The molecular weight excluding hydrogens is 380 g/mol. The number of hydrogen-bond acceptors (Lipinski definition) is 3. The second kappa shape index (κ2) is 8.66. The van der Waals surface area contributed by atoms with E-state index in [1.807, 2.05) is 30.3 Å². The van der Waals surface area contributed by atoms with Gasteiger partial charge in [0.05, 0.1) is 10.6 Å². The summed E-state index contributed by atoms with van der Waals surface area (Å²) in [4.78, 5) is 26.1. The highest BCUT2D eigenvalue weighted by Crippen LogP contribution is 2.28. The van der Waals surface area contributed by atoms with Crippen LogP contribution in [-0.2, 0) is 4.79 Å². The van der Waals surface area contributed by atoms with Crippen molar-refractivity contribution in [3.63, 3.8) is 0 Å². The molecule has 2 amide bonds. The van der Waals surface area contributed by atoms with Crippen LogP contribution in [0, 0.1) is 0 Å². The fourth-order valence-electron chi connectivity index (χ4n) is 2.45. The van der Waals surface area contributed by atoms with E-state index in [0.29, 0.717) is 16.3 Å². The molecule has 6 heteroatoms. The number of carbonyl (C=O) groups is 2. The van der Waals surface area contributed by atoms with Crippen LogP contribution in [0.5, 0.6) is 0 Å². The van der Waals surface area contributed by atoms with E-state index in [1.165, 1.54) is 13.1 Å². The summed E-state index contributed by atoms with van der Waals surface area (Å²) in [5.41, 5.74) is 1.96. The predicted molar refractivity (Wildman–Crippen MR) is 112 cm³/mol. The van der Waals surface area contributed by atoms with Crippen LogP contribution in [0.3, 0.4) is 0 Å². The number of carbonyl (C=O) groups excluding carboxylic acids is 2. The first-order chi connectivity index (χ1) is 13.1. The number of amides is 2. The molecule has 1 heterocycles. The highest BCUT2D eigenvalue weighted by molar-refractivity contribution is 7.16. The number of halogens is 1. The molecule has 3 aromatic rings. The summed E-state index contributed by atoms with van der Waals surface area (Å²) in [7, 11) is 1.53. The van der Waals surface area contributed by atoms with Crippen LogP contribution < -0.4 is 10.6 Å². The summed E-state index contributed by atoms with van der Waals surface area (Å²) in [6.45, 7) is 0.